The van der Waals surface area contributed by atoms with Crippen LogP contribution in [-0.2, 0) is 0 Å². The monoisotopic (exact) mass is 290 g/mol. The zero-order valence-corrected chi connectivity index (χ0v) is 12.4. The van der Waals surface area contributed by atoms with Gasteiger partial charge < -0.3 is 10.0 Å². The highest BCUT2D eigenvalue weighted by molar-refractivity contribution is 5.92. The average Bonchev–Trinajstić information content (AvgIpc) is 2.93. The van der Waals surface area contributed by atoms with E-state index in [4.69, 9.17) is 0 Å². The van der Waals surface area contributed by atoms with Crippen LogP contribution in [0.1, 0.15) is 35.6 Å². The number of nitrogens with zero attached hydrogens (tertiary/aromatic N) is 4. The molecule has 6 heteroatoms. The van der Waals surface area contributed by atoms with Crippen molar-refractivity contribution in [3.8, 4) is 0 Å². The molecule has 1 saturated heterocycles. The second-order valence-electron chi connectivity index (χ2n) is 5.88. The van der Waals surface area contributed by atoms with E-state index < -0.39 is 0 Å². The molecule has 2 fully saturated rings. The van der Waals surface area contributed by atoms with Crippen LogP contribution in [0.4, 0.5) is 0 Å². The highest BCUT2D eigenvalue weighted by atomic mass is 16.3. The van der Waals surface area contributed by atoms with Gasteiger partial charge in [0.1, 0.15) is 11.5 Å². The van der Waals surface area contributed by atoms with Gasteiger partial charge in [-0.15, -0.1) is 0 Å². The summed E-state index contributed by atoms with van der Waals surface area (Å²) in [6.07, 6.45) is 4.51. The number of hydrogen-bond donors (Lipinski definition) is 1. The summed E-state index contributed by atoms with van der Waals surface area (Å²) in [5.74, 6) is 0.598. The van der Waals surface area contributed by atoms with Gasteiger partial charge in [0.2, 0.25) is 0 Å². The van der Waals surface area contributed by atoms with Gasteiger partial charge in [-0.25, -0.2) is 9.97 Å². The predicted octanol–water partition coefficient (Wildman–Crippen LogP) is 0.456. The summed E-state index contributed by atoms with van der Waals surface area (Å²) in [7, 11) is 0. The summed E-state index contributed by atoms with van der Waals surface area (Å²) >= 11 is 0. The molecule has 0 aromatic carbocycles. The second kappa shape index (κ2) is 6.07. The molecular formula is C15H22N4O2. The van der Waals surface area contributed by atoms with Gasteiger partial charge in [0.25, 0.3) is 5.91 Å². The summed E-state index contributed by atoms with van der Waals surface area (Å²) in [6, 6.07) is 1.95. The van der Waals surface area contributed by atoms with Crippen LogP contribution >= 0.6 is 0 Å². The van der Waals surface area contributed by atoms with Crippen molar-refractivity contribution in [2.45, 2.75) is 38.3 Å². The highest BCUT2D eigenvalue weighted by Crippen LogP contribution is 2.25. The number of aryl methyl sites for hydroxylation is 1. The fourth-order valence-corrected chi connectivity index (χ4v) is 3.34. The van der Waals surface area contributed by atoms with Crippen molar-refractivity contribution in [1.82, 2.24) is 19.8 Å². The lowest BCUT2D eigenvalue weighted by molar-refractivity contribution is 0.0313. The molecule has 0 unspecified atom stereocenters. The van der Waals surface area contributed by atoms with E-state index in [2.05, 4.69) is 14.9 Å². The predicted molar refractivity (Wildman–Crippen MR) is 77.9 cm³/mol. The maximum absolute atomic E-state index is 12.4. The van der Waals surface area contributed by atoms with Crippen LogP contribution in [0.3, 0.4) is 0 Å². The third kappa shape index (κ3) is 3.06. The Kier molecular flexibility index (Phi) is 4.17. The van der Waals surface area contributed by atoms with Crippen LogP contribution < -0.4 is 0 Å². The lowest BCUT2D eigenvalue weighted by Crippen LogP contribution is -2.53. The van der Waals surface area contributed by atoms with Crippen LogP contribution in [-0.4, -0.2) is 69.1 Å². The number of aliphatic hydroxyl groups excluding tert-OH is 1. The third-order valence-electron chi connectivity index (χ3n) is 4.51. The van der Waals surface area contributed by atoms with Crippen LogP contribution in [0.15, 0.2) is 12.3 Å². The average molecular weight is 290 g/mol. The smallest absolute Gasteiger partial charge is 0.272 e. The molecule has 1 aliphatic carbocycles. The number of aliphatic hydroxyl groups is 1. The summed E-state index contributed by atoms with van der Waals surface area (Å²) in [5.41, 5.74) is 0.469. The number of piperazine rings is 1. The molecule has 2 aliphatic rings. The zero-order chi connectivity index (χ0) is 14.8. The minimum atomic E-state index is -0.197. The van der Waals surface area contributed by atoms with Gasteiger partial charge in [-0.3, -0.25) is 9.69 Å². The van der Waals surface area contributed by atoms with Crippen LogP contribution in [0.5, 0.6) is 0 Å². The van der Waals surface area contributed by atoms with Gasteiger partial charge in [-0.05, 0) is 32.3 Å². The molecule has 2 atom stereocenters. The van der Waals surface area contributed by atoms with E-state index in [0.717, 1.165) is 32.4 Å². The van der Waals surface area contributed by atoms with Crippen molar-refractivity contribution in [3.63, 3.8) is 0 Å². The largest absolute Gasteiger partial charge is 0.391 e. The third-order valence-corrected chi connectivity index (χ3v) is 4.51. The van der Waals surface area contributed by atoms with Gasteiger partial charge in [-0.1, -0.05) is 0 Å². The Balaban J connectivity index is 1.59. The van der Waals surface area contributed by atoms with Crippen LogP contribution in [0, 0.1) is 6.92 Å². The number of rotatable bonds is 2. The van der Waals surface area contributed by atoms with Crippen molar-refractivity contribution in [3.05, 3.63) is 23.8 Å². The van der Waals surface area contributed by atoms with E-state index in [0.29, 0.717) is 24.6 Å². The Hall–Kier alpha value is -1.53. The molecule has 114 valence electrons. The molecule has 1 amide bonds. The maximum Gasteiger partial charge on any atom is 0.272 e. The standard InChI is InChI=1S/C15H22N4O2/c1-11-16-6-5-12(17-11)15(21)19-9-7-18(8-10-19)13-3-2-4-14(13)20/h5-6,13-14,20H,2-4,7-10H2,1H3/t13-,14+/m1/s1. The van der Waals surface area contributed by atoms with E-state index in [1.165, 1.54) is 0 Å². The lowest BCUT2D eigenvalue weighted by Gasteiger charge is -2.39. The SMILES string of the molecule is Cc1nccc(C(=O)N2CCN([C@@H]3CCC[C@@H]3O)CC2)n1. The Morgan fingerprint density at radius 1 is 1.29 bits per heavy atom. The van der Waals surface area contributed by atoms with Gasteiger partial charge in [-0.2, -0.15) is 0 Å². The van der Waals surface area contributed by atoms with Crippen molar-refractivity contribution >= 4 is 5.91 Å². The molecule has 1 aromatic heterocycles. The van der Waals surface area contributed by atoms with E-state index in [1.54, 1.807) is 19.2 Å². The molecular weight excluding hydrogens is 268 g/mol. The molecule has 1 N–H and O–H groups in total. The van der Waals surface area contributed by atoms with Crippen molar-refractivity contribution in [2.24, 2.45) is 0 Å². The number of amides is 1. The molecule has 0 radical (unpaired) electrons. The van der Waals surface area contributed by atoms with E-state index in [9.17, 15) is 9.90 Å². The van der Waals surface area contributed by atoms with Crippen molar-refractivity contribution in [1.29, 1.82) is 0 Å². The molecule has 1 aliphatic heterocycles. The Morgan fingerprint density at radius 2 is 2.05 bits per heavy atom. The molecule has 21 heavy (non-hydrogen) atoms. The van der Waals surface area contributed by atoms with Crippen LogP contribution in [0.2, 0.25) is 0 Å². The highest BCUT2D eigenvalue weighted by Gasteiger charge is 2.33. The van der Waals surface area contributed by atoms with Gasteiger partial charge in [0.05, 0.1) is 6.10 Å². The van der Waals surface area contributed by atoms with E-state index in [1.807, 2.05) is 4.90 Å². The summed E-state index contributed by atoms with van der Waals surface area (Å²) in [6.45, 7) is 4.85. The summed E-state index contributed by atoms with van der Waals surface area (Å²) in [4.78, 5) is 24.8. The first-order valence-electron chi connectivity index (χ1n) is 7.66. The molecule has 2 heterocycles. The molecule has 0 spiro atoms. The zero-order valence-electron chi connectivity index (χ0n) is 12.4. The van der Waals surface area contributed by atoms with E-state index >= 15 is 0 Å². The first-order valence-corrected chi connectivity index (χ1v) is 7.66. The fraction of sp³-hybridized carbons (Fsp3) is 0.667. The topological polar surface area (TPSA) is 69.6 Å². The number of hydrogen-bond acceptors (Lipinski definition) is 5. The first kappa shape index (κ1) is 14.4. The quantitative estimate of drug-likeness (QED) is 0.857. The second-order valence-corrected chi connectivity index (χ2v) is 5.88. The summed E-state index contributed by atoms with van der Waals surface area (Å²) < 4.78 is 0. The Labute approximate surface area is 124 Å². The van der Waals surface area contributed by atoms with E-state index in [-0.39, 0.29) is 18.1 Å². The minimum absolute atomic E-state index is 0.0212. The van der Waals surface area contributed by atoms with Gasteiger partial charge >= 0.3 is 0 Å². The van der Waals surface area contributed by atoms with Crippen LogP contribution in [0.25, 0.3) is 0 Å². The van der Waals surface area contributed by atoms with Gasteiger partial charge in [0.15, 0.2) is 0 Å². The molecule has 1 aromatic rings. The number of carbonyl (C=O) groups excluding carboxylic acids is 1. The molecule has 0 bridgehead atoms. The minimum Gasteiger partial charge on any atom is -0.391 e. The number of aromatic nitrogens is 2. The summed E-state index contributed by atoms with van der Waals surface area (Å²) in [5, 5.41) is 9.99. The van der Waals surface area contributed by atoms with Gasteiger partial charge in [0, 0.05) is 38.4 Å². The van der Waals surface area contributed by atoms with Crippen molar-refractivity contribution < 1.29 is 9.90 Å². The first-order chi connectivity index (χ1) is 10.1. The maximum atomic E-state index is 12.4. The Bertz CT molecular complexity index is 514. The molecule has 3 rings (SSSR count). The molecule has 6 nitrogen and oxygen atoms in total. The lowest BCUT2D eigenvalue weighted by atomic mass is 10.1. The van der Waals surface area contributed by atoms with Crippen molar-refractivity contribution in [2.75, 3.05) is 26.2 Å². The molecule has 1 saturated carbocycles. The Morgan fingerprint density at radius 3 is 2.67 bits per heavy atom. The normalized spacial score (nSPS) is 27.0. The number of carbonyl (C=O) groups is 1. The fourth-order valence-electron chi connectivity index (χ4n) is 3.34.